The standard InChI is InChI=1S/C16H22N4O3S/c1-5-23-16(22)12-10(4)11-13(19-8-20-15(11)24-12)17-6-7-18-14(21)9(2)3/h8-9H,5-7H2,1-4H3,(H,18,21)(H,17,19,20). The van der Waals surface area contributed by atoms with E-state index in [1.165, 1.54) is 17.7 Å². The highest BCUT2D eigenvalue weighted by Gasteiger charge is 2.20. The summed E-state index contributed by atoms with van der Waals surface area (Å²) in [6, 6.07) is 0. The molecule has 8 heteroatoms. The van der Waals surface area contributed by atoms with Crippen LogP contribution in [0.15, 0.2) is 6.33 Å². The topological polar surface area (TPSA) is 93.2 Å². The minimum atomic E-state index is -0.340. The molecule has 0 aliphatic rings. The molecule has 1 amide bonds. The predicted molar refractivity (Wildman–Crippen MR) is 94.4 cm³/mol. The van der Waals surface area contributed by atoms with Crippen molar-refractivity contribution in [3.63, 3.8) is 0 Å². The second-order valence-corrected chi connectivity index (χ2v) is 6.55. The Balaban J connectivity index is 2.13. The second kappa shape index (κ2) is 8.05. The summed E-state index contributed by atoms with van der Waals surface area (Å²) in [6.45, 7) is 8.70. The van der Waals surface area contributed by atoms with Gasteiger partial charge in [0.05, 0.1) is 12.0 Å². The SMILES string of the molecule is CCOC(=O)c1sc2ncnc(NCCNC(=O)C(C)C)c2c1C. The first-order chi connectivity index (χ1) is 11.5. The van der Waals surface area contributed by atoms with Crippen LogP contribution in [0.25, 0.3) is 10.2 Å². The van der Waals surface area contributed by atoms with E-state index in [1.807, 2.05) is 20.8 Å². The fraction of sp³-hybridized carbons (Fsp3) is 0.500. The molecule has 2 N–H and O–H groups in total. The van der Waals surface area contributed by atoms with Crippen LogP contribution in [-0.2, 0) is 9.53 Å². The monoisotopic (exact) mass is 350 g/mol. The van der Waals surface area contributed by atoms with Gasteiger partial charge in [0.1, 0.15) is 21.9 Å². The largest absolute Gasteiger partial charge is 0.462 e. The third kappa shape index (κ3) is 4.00. The molecule has 0 saturated heterocycles. The Morgan fingerprint density at radius 1 is 1.29 bits per heavy atom. The Kier molecular flexibility index (Phi) is 6.08. The molecule has 0 unspecified atom stereocenters. The van der Waals surface area contributed by atoms with Crippen molar-refractivity contribution in [2.75, 3.05) is 25.0 Å². The van der Waals surface area contributed by atoms with Crippen LogP contribution in [-0.4, -0.2) is 41.5 Å². The number of aryl methyl sites for hydroxylation is 1. The number of carbonyl (C=O) groups excluding carboxylic acids is 2. The maximum absolute atomic E-state index is 12.0. The lowest BCUT2D eigenvalue weighted by molar-refractivity contribution is -0.123. The number of aromatic nitrogens is 2. The van der Waals surface area contributed by atoms with Crippen LogP contribution in [0.4, 0.5) is 5.82 Å². The highest BCUT2D eigenvalue weighted by atomic mass is 32.1. The fourth-order valence-electron chi connectivity index (χ4n) is 2.17. The molecule has 0 spiro atoms. The number of nitrogens with zero attached hydrogens (tertiary/aromatic N) is 2. The third-order valence-corrected chi connectivity index (χ3v) is 4.61. The zero-order valence-corrected chi connectivity index (χ0v) is 15.1. The molecule has 7 nitrogen and oxygen atoms in total. The van der Waals surface area contributed by atoms with Gasteiger partial charge in [0.15, 0.2) is 0 Å². The molecule has 130 valence electrons. The fourth-order valence-corrected chi connectivity index (χ4v) is 3.21. The molecule has 0 fully saturated rings. The average molecular weight is 350 g/mol. The molecule has 0 saturated carbocycles. The summed E-state index contributed by atoms with van der Waals surface area (Å²) in [7, 11) is 0. The zero-order valence-electron chi connectivity index (χ0n) is 14.3. The normalized spacial score (nSPS) is 10.9. The van der Waals surface area contributed by atoms with Crippen molar-refractivity contribution >= 4 is 39.2 Å². The predicted octanol–water partition coefficient (Wildman–Crippen LogP) is 2.36. The number of esters is 1. The Hall–Kier alpha value is -2.22. The molecule has 24 heavy (non-hydrogen) atoms. The molecule has 0 bridgehead atoms. The van der Waals surface area contributed by atoms with E-state index >= 15 is 0 Å². The second-order valence-electron chi connectivity index (χ2n) is 5.55. The number of hydrogen-bond donors (Lipinski definition) is 2. The van der Waals surface area contributed by atoms with Gasteiger partial charge in [-0.1, -0.05) is 13.8 Å². The molecule has 0 aliphatic carbocycles. The number of anilines is 1. The van der Waals surface area contributed by atoms with E-state index in [2.05, 4.69) is 20.6 Å². The van der Waals surface area contributed by atoms with E-state index in [4.69, 9.17) is 4.74 Å². The first-order valence-corrected chi connectivity index (χ1v) is 8.70. The van der Waals surface area contributed by atoms with Gasteiger partial charge < -0.3 is 15.4 Å². The van der Waals surface area contributed by atoms with E-state index in [9.17, 15) is 9.59 Å². The van der Waals surface area contributed by atoms with Gasteiger partial charge in [0.2, 0.25) is 5.91 Å². The van der Waals surface area contributed by atoms with E-state index in [0.717, 1.165) is 15.8 Å². The van der Waals surface area contributed by atoms with Gasteiger partial charge in [-0.2, -0.15) is 0 Å². The van der Waals surface area contributed by atoms with Crippen LogP contribution < -0.4 is 10.6 Å². The first kappa shape index (κ1) is 18.1. The van der Waals surface area contributed by atoms with Crippen molar-refractivity contribution in [2.24, 2.45) is 5.92 Å². The third-order valence-electron chi connectivity index (χ3n) is 3.43. The summed E-state index contributed by atoms with van der Waals surface area (Å²) >= 11 is 1.30. The summed E-state index contributed by atoms with van der Waals surface area (Å²) in [5, 5.41) is 6.85. The Bertz CT molecular complexity index is 742. The molecule has 0 aliphatic heterocycles. The number of carbonyl (C=O) groups is 2. The van der Waals surface area contributed by atoms with Crippen LogP contribution in [0.1, 0.15) is 36.0 Å². The molecule has 2 aromatic heterocycles. The first-order valence-electron chi connectivity index (χ1n) is 7.88. The summed E-state index contributed by atoms with van der Waals surface area (Å²) in [4.78, 5) is 33.3. The van der Waals surface area contributed by atoms with Crippen LogP contribution in [0, 0.1) is 12.8 Å². The molecule has 0 radical (unpaired) electrons. The number of hydrogen-bond acceptors (Lipinski definition) is 7. The van der Waals surface area contributed by atoms with Crippen molar-refractivity contribution in [1.29, 1.82) is 0 Å². The van der Waals surface area contributed by atoms with E-state index < -0.39 is 0 Å². The van der Waals surface area contributed by atoms with Crippen LogP contribution in [0.3, 0.4) is 0 Å². The molecular weight excluding hydrogens is 328 g/mol. The molecule has 2 aromatic rings. The molecular formula is C16H22N4O3S. The maximum atomic E-state index is 12.0. The van der Waals surface area contributed by atoms with Gasteiger partial charge in [0.25, 0.3) is 0 Å². The van der Waals surface area contributed by atoms with Gasteiger partial charge in [0, 0.05) is 19.0 Å². The minimum Gasteiger partial charge on any atom is -0.462 e. The highest BCUT2D eigenvalue weighted by Crippen LogP contribution is 2.33. The molecule has 0 atom stereocenters. The molecule has 2 rings (SSSR count). The Morgan fingerprint density at radius 3 is 2.71 bits per heavy atom. The summed E-state index contributed by atoms with van der Waals surface area (Å²) < 4.78 is 5.08. The quantitative estimate of drug-likeness (QED) is 0.588. The van der Waals surface area contributed by atoms with Crippen LogP contribution in [0.5, 0.6) is 0 Å². The van der Waals surface area contributed by atoms with Gasteiger partial charge in [-0.3, -0.25) is 4.79 Å². The number of rotatable bonds is 7. The van der Waals surface area contributed by atoms with E-state index in [1.54, 1.807) is 6.92 Å². The summed E-state index contributed by atoms with van der Waals surface area (Å²) in [6.07, 6.45) is 1.46. The molecule has 0 aromatic carbocycles. The Labute approximate surface area is 144 Å². The maximum Gasteiger partial charge on any atom is 0.348 e. The van der Waals surface area contributed by atoms with E-state index in [0.29, 0.717) is 30.4 Å². The van der Waals surface area contributed by atoms with Gasteiger partial charge in [-0.15, -0.1) is 11.3 Å². The number of fused-ring (bicyclic) bond motifs is 1. The van der Waals surface area contributed by atoms with Gasteiger partial charge >= 0.3 is 5.97 Å². The zero-order chi connectivity index (χ0) is 17.7. The van der Waals surface area contributed by atoms with Crippen molar-refractivity contribution in [1.82, 2.24) is 15.3 Å². The van der Waals surface area contributed by atoms with E-state index in [-0.39, 0.29) is 17.8 Å². The number of ether oxygens (including phenoxy) is 1. The smallest absolute Gasteiger partial charge is 0.348 e. The summed E-state index contributed by atoms with van der Waals surface area (Å²) in [5.74, 6) is 0.291. The van der Waals surface area contributed by atoms with Crippen molar-refractivity contribution in [2.45, 2.75) is 27.7 Å². The van der Waals surface area contributed by atoms with Crippen LogP contribution in [0.2, 0.25) is 0 Å². The van der Waals surface area contributed by atoms with Crippen LogP contribution >= 0.6 is 11.3 Å². The lowest BCUT2D eigenvalue weighted by Crippen LogP contribution is -2.32. The minimum absolute atomic E-state index is 0.0148. The highest BCUT2D eigenvalue weighted by molar-refractivity contribution is 7.20. The lowest BCUT2D eigenvalue weighted by atomic mass is 10.2. The van der Waals surface area contributed by atoms with Gasteiger partial charge in [-0.05, 0) is 19.4 Å². The summed E-state index contributed by atoms with van der Waals surface area (Å²) in [5.41, 5.74) is 0.808. The number of nitrogens with one attached hydrogen (secondary N) is 2. The Morgan fingerprint density at radius 2 is 2.04 bits per heavy atom. The van der Waals surface area contributed by atoms with Crippen molar-refractivity contribution in [3.05, 3.63) is 16.8 Å². The van der Waals surface area contributed by atoms with Crippen molar-refractivity contribution < 1.29 is 14.3 Å². The average Bonchev–Trinajstić information content (AvgIpc) is 2.89. The van der Waals surface area contributed by atoms with Gasteiger partial charge in [-0.25, -0.2) is 14.8 Å². The number of amides is 1. The lowest BCUT2D eigenvalue weighted by Gasteiger charge is -2.10. The van der Waals surface area contributed by atoms with Crippen molar-refractivity contribution in [3.8, 4) is 0 Å². The number of thiophene rings is 1. The molecule has 2 heterocycles.